The van der Waals surface area contributed by atoms with Gasteiger partial charge in [0.2, 0.25) is 5.91 Å². The number of rotatable bonds is 4. The molecule has 0 spiro atoms. The maximum Gasteiger partial charge on any atom is 0.315 e. The largest absolute Gasteiger partial charge is 0.465 e. The van der Waals surface area contributed by atoms with Gasteiger partial charge in [-0.1, -0.05) is 0 Å². The minimum absolute atomic E-state index is 0.0763. The summed E-state index contributed by atoms with van der Waals surface area (Å²) in [5.74, 6) is -0.276. The Bertz CT molecular complexity index is 563. The number of ether oxygens (including phenoxy) is 1. The van der Waals surface area contributed by atoms with E-state index in [4.69, 9.17) is 4.74 Å². The number of amides is 1. The van der Waals surface area contributed by atoms with E-state index in [-0.39, 0.29) is 24.5 Å². The Kier molecular flexibility index (Phi) is 4.56. The van der Waals surface area contributed by atoms with E-state index < -0.39 is 5.41 Å². The summed E-state index contributed by atoms with van der Waals surface area (Å²) in [6.07, 6.45) is 3.82. The zero-order valence-electron chi connectivity index (χ0n) is 13.3. The first-order valence-corrected chi connectivity index (χ1v) is 8.05. The first-order chi connectivity index (χ1) is 11.2. The van der Waals surface area contributed by atoms with Gasteiger partial charge in [0.15, 0.2) is 0 Å². The highest BCUT2D eigenvalue weighted by Crippen LogP contribution is 2.38. The van der Waals surface area contributed by atoms with Crippen LogP contribution in [0.5, 0.6) is 0 Å². The van der Waals surface area contributed by atoms with Gasteiger partial charge < -0.3 is 15.0 Å². The zero-order valence-corrected chi connectivity index (χ0v) is 13.3. The van der Waals surface area contributed by atoms with Crippen LogP contribution in [0, 0.1) is 5.41 Å². The number of carbonyl (C=O) groups excluding carboxylic acids is 2. The van der Waals surface area contributed by atoms with Crippen LogP contribution in [0.2, 0.25) is 0 Å². The van der Waals surface area contributed by atoms with Crippen molar-refractivity contribution in [1.82, 2.24) is 30.4 Å². The van der Waals surface area contributed by atoms with Gasteiger partial charge in [0.25, 0.3) is 0 Å². The summed E-state index contributed by atoms with van der Waals surface area (Å²) in [6, 6.07) is 0.0763. The molecule has 2 aliphatic heterocycles. The molecule has 0 saturated carbocycles. The van der Waals surface area contributed by atoms with E-state index in [9.17, 15) is 9.59 Å². The molecule has 3 heterocycles. The molecule has 2 saturated heterocycles. The minimum Gasteiger partial charge on any atom is -0.465 e. The van der Waals surface area contributed by atoms with E-state index in [0.29, 0.717) is 19.7 Å². The van der Waals surface area contributed by atoms with Crippen LogP contribution in [-0.2, 0) is 20.9 Å². The second kappa shape index (κ2) is 6.61. The highest BCUT2D eigenvalue weighted by atomic mass is 16.5. The number of likely N-dealkylation sites (tertiary alicyclic amines) is 1. The molecule has 0 unspecified atom stereocenters. The van der Waals surface area contributed by atoms with Crippen LogP contribution in [0.3, 0.4) is 0 Å². The van der Waals surface area contributed by atoms with Crippen LogP contribution in [0.4, 0.5) is 0 Å². The Labute approximate surface area is 134 Å². The lowest BCUT2D eigenvalue weighted by Crippen LogP contribution is -2.64. The normalized spacial score (nSPS) is 27.3. The number of piperidine rings is 2. The van der Waals surface area contributed by atoms with Gasteiger partial charge in [0.1, 0.15) is 18.3 Å². The quantitative estimate of drug-likeness (QED) is 0.724. The van der Waals surface area contributed by atoms with Crippen LogP contribution >= 0.6 is 0 Å². The summed E-state index contributed by atoms with van der Waals surface area (Å²) in [5, 5.41) is 14.2. The smallest absolute Gasteiger partial charge is 0.315 e. The SMILES string of the molecule is CCOC(=O)[C@]12CCCN[C@@H]1CCN(C(=O)Cn1cnnn1)C2. The molecule has 0 aromatic carbocycles. The predicted octanol–water partition coefficient (Wildman–Crippen LogP) is -0.793. The Hall–Kier alpha value is -2.03. The monoisotopic (exact) mass is 322 g/mol. The molecule has 2 atom stereocenters. The molecule has 0 bridgehead atoms. The molecule has 0 aliphatic carbocycles. The van der Waals surface area contributed by atoms with Crippen molar-refractivity contribution in [2.75, 3.05) is 26.2 Å². The number of tetrazole rings is 1. The molecule has 2 fully saturated rings. The number of nitrogens with zero attached hydrogens (tertiary/aromatic N) is 5. The molecule has 1 N–H and O–H groups in total. The number of aromatic nitrogens is 4. The standard InChI is InChI=1S/C14H22N6O3/c1-2-23-13(22)14-5-3-6-15-11(14)4-7-19(9-14)12(21)8-20-10-16-17-18-20/h10-11,15H,2-9H2,1H3/t11-,14+/m1/s1. The third-order valence-electron chi connectivity index (χ3n) is 4.74. The van der Waals surface area contributed by atoms with E-state index in [1.54, 1.807) is 4.90 Å². The third kappa shape index (κ3) is 3.05. The van der Waals surface area contributed by atoms with Crippen LogP contribution in [0.25, 0.3) is 0 Å². The Morgan fingerprint density at radius 1 is 1.48 bits per heavy atom. The number of hydrogen-bond donors (Lipinski definition) is 1. The average Bonchev–Trinajstić information content (AvgIpc) is 3.07. The van der Waals surface area contributed by atoms with Crippen molar-refractivity contribution >= 4 is 11.9 Å². The van der Waals surface area contributed by atoms with Gasteiger partial charge >= 0.3 is 5.97 Å². The first-order valence-electron chi connectivity index (χ1n) is 8.05. The highest BCUT2D eigenvalue weighted by Gasteiger charge is 2.52. The molecule has 1 amide bonds. The number of nitrogens with one attached hydrogen (secondary N) is 1. The zero-order chi connectivity index (χ0) is 16.3. The van der Waals surface area contributed by atoms with Crippen LogP contribution in [0.15, 0.2) is 6.33 Å². The topological polar surface area (TPSA) is 102 Å². The molecule has 2 aliphatic rings. The van der Waals surface area contributed by atoms with E-state index in [2.05, 4.69) is 20.8 Å². The average molecular weight is 322 g/mol. The molecular formula is C14H22N6O3. The fourth-order valence-corrected chi connectivity index (χ4v) is 3.61. The van der Waals surface area contributed by atoms with Gasteiger partial charge in [-0.2, -0.15) is 0 Å². The van der Waals surface area contributed by atoms with Crippen LogP contribution < -0.4 is 5.32 Å². The van der Waals surface area contributed by atoms with E-state index >= 15 is 0 Å². The van der Waals surface area contributed by atoms with Crippen molar-refractivity contribution in [1.29, 1.82) is 0 Å². The Morgan fingerprint density at radius 3 is 3.09 bits per heavy atom. The van der Waals surface area contributed by atoms with Gasteiger partial charge in [0, 0.05) is 19.1 Å². The second-order valence-corrected chi connectivity index (χ2v) is 6.10. The lowest BCUT2D eigenvalue weighted by Gasteiger charge is -2.49. The first kappa shape index (κ1) is 15.9. The number of hydrogen-bond acceptors (Lipinski definition) is 7. The Balaban J connectivity index is 1.75. The van der Waals surface area contributed by atoms with Crippen molar-refractivity contribution < 1.29 is 14.3 Å². The molecule has 1 aromatic heterocycles. The lowest BCUT2D eigenvalue weighted by atomic mass is 9.70. The maximum absolute atomic E-state index is 12.6. The highest BCUT2D eigenvalue weighted by molar-refractivity contribution is 5.81. The summed E-state index contributed by atoms with van der Waals surface area (Å²) in [4.78, 5) is 26.8. The second-order valence-electron chi connectivity index (χ2n) is 6.10. The summed E-state index contributed by atoms with van der Waals surface area (Å²) >= 11 is 0. The summed E-state index contributed by atoms with van der Waals surface area (Å²) in [7, 11) is 0. The predicted molar refractivity (Wildman–Crippen MR) is 79.1 cm³/mol. The molecular weight excluding hydrogens is 300 g/mol. The summed E-state index contributed by atoms with van der Waals surface area (Å²) in [5.41, 5.74) is -0.636. The summed E-state index contributed by atoms with van der Waals surface area (Å²) in [6.45, 7) is 4.17. The van der Waals surface area contributed by atoms with Gasteiger partial charge in [-0.15, -0.1) is 5.10 Å². The van der Waals surface area contributed by atoms with E-state index in [1.165, 1.54) is 11.0 Å². The van der Waals surface area contributed by atoms with Gasteiger partial charge in [-0.25, -0.2) is 4.68 Å². The van der Waals surface area contributed by atoms with Crippen molar-refractivity contribution in [2.24, 2.45) is 5.41 Å². The molecule has 0 radical (unpaired) electrons. The fourth-order valence-electron chi connectivity index (χ4n) is 3.61. The van der Waals surface area contributed by atoms with E-state index in [1.807, 2.05) is 6.92 Å². The van der Waals surface area contributed by atoms with Crippen molar-refractivity contribution in [3.63, 3.8) is 0 Å². The molecule has 9 heteroatoms. The van der Waals surface area contributed by atoms with Crippen LogP contribution in [-0.4, -0.2) is 69.3 Å². The molecule has 126 valence electrons. The van der Waals surface area contributed by atoms with E-state index in [0.717, 1.165) is 25.8 Å². The van der Waals surface area contributed by atoms with Crippen molar-refractivity contribution in [2.45, 2.75) is 38.8 Å². The third-order valence-corrected chi connectivity index (χ3v) is 4.74. The number of esters is 1. The van der Waals surface area contributed by atoms with Crippen molar-refractivity contribution in [3.05, 3.63) is 6.33 Å². The van der Waals surface area contributed by atoms with Gasteiger partial charge in [-0.3, -0.25) is 9.59 Å². The van der Waals surface area contributed by atoms with Crippen LogP contribution in [0.1, 0.15) is 26.2 Å². The molecule has 23 heavy (non-hydrogen) atoms. The van der Waals surface area contributed by atoms with Gasteiger partial charge in [-0.05, 0) is 43.2 Å². The molecule has 9 nitrogen and oxygen atoms in total. The molecule has 3 rings (SSSR count). The minimum atomic E-state index is -0.636. The lowest BCUT2D eigenvalue weighted by molar-refractivity contribution is -0.165. The number of carbonyl (C=O) groups is 2. The number of fused-ring (bicyclic) bond motifs is 1. The fraction of sp³-hybridized carbons (Fsp3) is 0.786. The molecule has 1 aromatic rings. The van der Waals surface area contributed by atoms with Gasteiger partial charge in [0.05, 0.1) is 6.61 Å². The van der Waals surface area contributed by atoms with Crippen molar-refractivity contribution in [3.8, 4) is 0 Å². The summed E-state index contributed by atoms with van der Waals surface area (Å²) < 4.78 is 6.71. The Morgan fingerprint density at radius 2 is 2.35 bits per heavy atom. The maximum atomic E-state index is 12.6.